The molecule has 1 aliphatic carbocycles. The van der Waals surface area contributed by atoms with Crippen LogP contribution in [0.15, 0.2) is 54.9 Å². The molecule has 0 radical (unpaired) electrons. The molecule has 0 aliphatic heterocycles. The Labute approximate surface area is 148 Å². The van der Waals surface area contributed by atoms with Gasteiger partial charge in [0.2, 0.25) is 5.91 Å². The fourth-order valence-electron chi connectivity index (χ4n) is 3.09. The van der Waals surface area contributed by atoms with Gasteiger partial charge in [-0.3, -0.25) is 9.78 Å². The Bertz CT molecular complexity index is 672. The highest BCUT2D eigenvalue weighted by Crippen LogP contribution is 2.34. The number of nitrogens with zero attached hydrogens (tertiary/aromatic N) is 2. The SMILES string of the molecule is O=C(CN(Cc1cccnc1)c1ccccc1)NCCC1(O)CCC1. The van der Waals surface area contributed by atoms with Crippen molar-refractivity contribution in [3.8, 4) is 0 Å². The Balaban J connectivity index is 1.58. The highest BCUT2D eigenvalue weighted by atomic mass is 16.3. The topological polar surface area (TPSA) is 65.5 Å². The second-order valence-corrected chi connectivity index (χ2v) is 6.73. The molecule has 1 saturated carbocycles. The van der Waals surface area contributed by atoms with Gasteiger partial charge >= 0.3 is 0 Å². The Kier molecular flexibility index (Phi) is 5.66. The second kappa shape index (κ2) is 8.12. The van der Waals surface area contributed by atoms with Gasteiger partial charge in [0.05, 0.1) is 12.1 Å². The molecule has 1 heterocycles. The van der Waals surface area contributed by atoms with E-state index in [1.165, 1.54) is 0 Å². The fourth-order valence-corrected chi connectivity index (χ4v) is 3.09. The van der Waals surface area contributed by atoms with Gasteiger partial charge in [-0.25, -0.2) is 0 Å². The van der Waals surface area contributed by atoms with E-state index in [0.717, 1.165) is 30.5 Å². The number of rotatable bonds is 8. The van der Waals surface area contributed by atoms with E-state index in [4.69, 9.17) is 0 Å². The van der Waals surface area contributed by atoms with E-state index in [2.05, 4.69) is 10.3 Å². The molecule has 25 heavy (non-hydrogen) atoms. The number of aromatic nitrogens is 1. The zero-order valence-corrected chi connectivity index (χ0v) is 14.4. The average Bonchev–Trinajstić information content (AvgIpc) is 2.61. The molecule has 0 bridgehead atoms. The number of nitrogens with one attached hydrogen (secondary N) is 1. The molecule has 2 N–H and O–H groups in total. The van der Waals surface area contributed by atoms with Gasteiger partial charge in [-0.2, -0.15) is 0 Å². The molecule has 0 unspecified atom stereocenters. The van der Waals surface area contributed by atoms with Crippen molar-refractivity contribution < 1.29 is 9.90 Å². The van der Waals surface area contributed by atoms with E-state index in [1.807, 2.05) is 53.6 Å². The molecule has 5 heteroatoms. The van der Waals surface area contributed by atoms with Crippen LogP contribution in [0.2, 0.25) is 0 Å². The lowest BCUT2D eigenvalue weighted by atomic mass is 9.78. The van der Waals surface area contributed by atoms with E-state index < -0.39 is 5.60 Å². The van der Waals surface area contributed by atoms with Gasteiger partial charge < -0.3 is 15.3 Å². The molecule has 1 fully saturated rings. The maximum Gasteiger partial charge on any atom is 0.239 e. The lowest BCUT2D eigenvalue weighted by Gasteiger charge is -2.36. The Morgan fingerprint density at radius 1 is 1.20 bits per heavy atom. The summed E-state index contributed by atoms with van der Waals surface area (Å²) in [4.78, 5) is 18.5. The second-order valence-electron chi connectivity index (χ2n) is 6.73. The van der Waals surface area contributed by atoms with Crippen molar-refractivity contribution in [3.63, 3.8) is 0 Å². The maximum absolute atomic E-state index is 12.4. The molecule has 1 aromatic carbocycles. The minimum atomic E-state index is -0.553. The molecule has 1 aromatic heterocycles. The van der Waals surface area contributed by atoms with Crippen LogP contribution in [0.3, 0.4) is 0 Å². The van der Waals surface area contributed by atoms with Crippen molar-refractivity contribution in [2.45, 2.75) is 37.8 Å². The molecule has 0 atom stereocenters. The number of anilines is 1. The summed E-state index contributed by atoms with van der Waals surface area (Å²) in [7, 11) is 0. The molecular weight excluding hydrogens is 314 g/mol. The number of hydrogen-bond acceptors (Lipinski definition) is 4. The average molecular weight is 339 g/mol. The number of carbonyl (C=O) groups excluding carboxylic acids is 1. The van der Waals surface area contributed by atoms with Gasteiger partial charge in [0, 0.05) is 31.2 Å². The van der Waals surface area contributed by atoms with Crippen molar-refractivity contribution in [1.82, 2.24) is 10.3 Å². The first-order valence-electron chi connectivity index (χ1n) is 8.83. The highest BCUT2D eigenvalue weighted by molar-refractivity contribution is 5.81. The predicted octanol–water partition coefficient (Wildman–Crippen LogP) is 2.51. The normalized spacial score (nSPS) is 15.2. The molecule has 1 aliphatic rings. The summed E-state index contributed by atoms with van der Waals surface area (Å²) < 4.78 is 0. The van der Waals surface area contributed by atoms with Crippen LogP contribution < -0.4 is 10.2 Å². The zero-order chi connectivity index (χ0) is 17.5. The van der Waals surface area contributed by atoms with Gasteiger partial charge in [-0.05, 0) is 49.4 Å². The number of carbonyl (C=O) groups is 1. The minimum Gasteiger partial charge on any atom is -0.390 e. The van der Waals surface area contributed by atoms with Crippen LogP contribution in [-0.2, 0) is 11.3 Å². The monoisotopic (exact) mass is 339 g/mol. The third-order valence-corrected chi connectivity index (χ3v) is 4.75. The molecule has 132 valence electrons. The lowest BCUT2D eigenvalue weighted by Crippen LogP contribution is -2.42. The third-order valence-electron chi connectivity index (χ3n) is 4.75. The van der Waals surface area contributed by atoms with Crippen molar-refractivity contribution >= 4 is 11.6 Å². The first-order chi connectivity index (χ1) is 12.1. The Hall–Kier alpha value is -2.40. The maximum atomic E-state index is 12.4. The molecule has 2 aromatic rings. The standard InChI is InChI=1S/C20H25N3O2/c24-19(22-13-11-20(25)9-5-10-20)16-23(18-7-2-1-3-8-18)15-17-6-4-12-21-14-17/h1-4,6-8,12,14,25H,5,9-11,13,15-16H2,(H,22,24). The number of pyridine rings is 1. The number of hydrogen-bond donors (Lipinski definition) is 2. The fraction of sp³-hybridized carbons (Fsp3) is 0.400. The molecule has 1 amide bonds. The van der Waals surface area contributed by atoms with E-state index >= 15 is 0 Å². The minimum absolute atomic E-state index is 0.0318. The summed E-state index contributed by atoms with van der Waals surface area (Å²) in [5.41, 5.74) is 1.50. The molecule has 5 nitrogen and oxygen atoms in total. The lowest BCUT2D eigenvalue weighted by molar-refractivity contribution is -0.120. The first kappa shape index (κ1) is 17.4. The quantitative estimate of drug-likeness (QED) is 0.776. The molecule has 0 saturated heterocycles. The van der Waals surface area contributed by atoms with Crippen LogP contribution in [0.1, 0.15) is 31.2 Å². The molecule has 3 rings (SSSR count). The van der Waals surface area contributed by atoms with Crippen LogP contribution in [0.4, 0.5) is 5.69 Å². The van der Waals surface area contributed by atoms with E-state index in [9.17, 15) is 9.90 Å². The van der Waals surface area contributed by atoms with Crippen LogP contribution in [0.5, 0.6) is 0 Å². The summed E-state index contributed by atoms with van der Waals surface area (Å²) >= 11 is 0. The zero-order valence-electron chi connectivity index (χ0n) is 14.4. The van der Waals surface area contributed by atoms with Crippen molar-refractivity contribution in [2.24, 2.45) is 0 Å². The van der Waals surface area contributed by atoms with Crippen LogP contribution in [0, 0.1) is 0 Å². The van der Waals surface area contributed by atoms with E-state index in [0.29, 0.717) is 19.5 Å². The summed E-state index contributed by atoms with van der Waals surface area (Å²) in [6.07, 6.45) is 6.97. The van der Waals surface area contributed by atoms with Crippen LogP contribution >= 0.6 is 0 Å². The Morgan fingerprint density at radius 3 is 2.64 bits per heavy atom. The summed E-state index contributed by atoms with van der Waals surface area (Å²) in [6.45, 7) is 1.41. The highest BCUT2D eigenvalue weighted by Gasteiger charge is 2.33. The summed E-state index contributed by atoms with van der Waals surface area (Å²) in [5, 5.41) is 13.0. The number of para-hydroxylation sites is 1. The van der Waals surface area contributed by atoms with Crippen molar-refractivity contribution in [2.75, 3.05) is 18.0 Å². The smallest absolute Gasteiger partial charge is 0.239 e. The number of benzene rings is 1. The van der Waals surface area contributed by atoms with Crippen molar-refractivity contribution in [3.05, 3.63) is 60.4 Å². The summed E-state index contributed by atoms with van der Waals surface area (Å²) in [6, 6.07) is 13.8. The third kappa shape index (κ3) is 5.03. The van der Waals surface area contributed by atoms with Gasteiger partial charge in [0.15, 0.2) is 0 Å². The predicted molar refractivity (Wildman–Crippen MR) is 98.2 cm³/mol. The van der Waals surface area contributed by atoms with Gasteiger partial charge in [-0.1, -0.05) is 24.3 Å². The van der Waals surface area contributed by atoms with Gasteiger partial charge in [-0.15, -0.1) is 0 Å². The van der Waals surface area contributed by atoms with Crippen LogP contribution in [-0.4, -0.2) is 34.7 Å². The van der Waals surface area contributed by atoms with Gasteiger partial charge in [0.25, 0.3) is 0 Å². The summed E-state index contributed by atoms with van der Waals surface area (Å²) in [5.74, 6) is -0.0318. The largest absolute Gasteiger partial charge is 0.390 e. The number of aliphatic hydroxyl groups is 1. The Morgan fingerprint density at radius 2 is 2.00 bits per heavy atom. The van der Waals surface area contributed by atoms with E-state index in [-0.39, 0.29) is 12.5 Å². The van der Waals surface area contributed by atoms with Gasteiger partial charge in [0.1, 0.15) is 0 Å². The number of amides is 1. The molecular formula is C20H25N3O2. The molecule has 0 spiro atoms. The van der Waals surface area contributed by atoms with Crippen molar-refractivity contribution in [1.29, 1.82) is 0 Å². The van der Waals surface area contributed by atoms with Crippen LogP contribution in [0.25, 0.3) is 0 Å². The van der Waals surface area contributed by atoms with E-state index in [1.54, 1.807) is 6.20 Å². The first-order valence-corrected chi connectivity index (χ1v) is 8.83.